The number of rotatable bonds is 4. The minimum atomic E-state index is -0.714. The van der Waals surface area contributed by atoms with E-state index in [0.29, 0.717) is 18.9 Å². The van der Waals surface area contributed by atoms with Crippen LogP contribution < -0.4 is 5.73 Å². The van der Waals surface area contributed by atoms with Crippen molar-refractivity contribution in [1.29, 1.82) is 0 Å². The van der Waals surface area contributed by atoms with Crippen LogP contribution in [0.3, 0.4) is 0 Å². The van der Waals surface area contributed by atoms with Gasteiger partial charge in [0.2, 0.25) is 0 Å². The molecule has 0 saturated heterocycles. The number of benzene rings is 1. The molecular weight excluding hydrogens is 222 g/mol. The maximum Gasteiger partial charge on any atom is 0.0728 e. The Kier molecular flexibility index (Phi) is 3.79. The van der Waals surface area contributed by atoms with E-state index >= 15 is 0 Å². The molecular formula is C16H25NO. The van der Waals surface area contributed by atoms with E-state index in [1.54, 1.807) is 0 Å². The Morgan fingerprint density at radius 1 is 1.39 bits per heavy atom. The van der Waals surface area contributed by atoms with Crippen molar-refractivity contribution < 1.29 is 5.11 Å². The van der Waals surface area contributed by atoms with Crippen LogP contribution in [-0.4, -0.2) is 17.3 Å². The van der Waals surface area contributed by atoms with Crippen LogP contribution in [0.15, 0.2) is 30.3 Å². The van der Waals surface area contributed by atoms with Gasteiger partial charge in [0.25, 0.3) is 0 Å². The highest BCUT2D eigenvalue weighted by molar-refractivity contribution is 5.19. The third kappa shape index (κ3) is 2.45. The number of hydrogen-bond donors (Lipinski definition) is 2. The standard InChI is InChI=1S/C16H25NO/c1-13-8-9-16(10-13,12-17)15(2,18)11-14-6-4-3-5-7-14/h3-7,13,18H,8-12,17H2,1-2H3. The summed E-state index contributed by atoms with van der Waals surface area (Å²) in [4.78, 5) is 0. The van der Waals surface area contributed by atoms with Crippen LogP contribution >= 0.6 is 0 Å². The lowest BCUT2D eigenvalue weighted by Gasteiger charge is -2.42. The molecule has 100 valence electrons. The molecule has 1 aromatic carbocycles. The van der Waals surface area contributed by atoms with Crippen molar-refractivity contribution in [2.24, 2.45) is 17.1 Å². The fraction of sp³-hybridized carbons (Fsp3) is 0.625. The van der Waals surface area contributed by atoms with E-state index in [-0.39, 0.29) is 5.41 Å². The molecule has 1 fully saturated rings. The predicted octanol–water partition coefficient (Wildman–Crippen LogP) is 2.75. The van der Waals surface area contributed by atoms with E-state index in [1.807, 2.05) is 25.1 Å². The second kappa shape index (κ2) is 5.02. The van der Waals surface area contributed by atoms with Crippen LogP contribution in [0.25, 0.3) is 0 Å². The summed E-state index contributed by atoms with van der Waals surface area (Å²) >= 11 is 0. The lowest BCUT2D eigenvalue weighted by molar-refractivity contribution is -0.0642. The SMILES string of the molecule is CC1CCC(CN)(C(C)(O)Cc2ccccc2)C1. The molecule has 2 rings (SSSR count). The van der Waals surface area contributed by atoms with Crippen molar-refractivity contribution >= 4 is 0 Å². The number of hydrogen-bond acceptors (Lipinski definition) is 2. The van der Waals surface area contributed by atoms with Crippen molar-refractivity contribution in [1.82, 2.24) is 0 Å². The topological polar surface area (TPSA) is 46.2 Å². The van der Waals surface area contributed by atoms with E-state index < -0.39 is 5.60 Å². The third-order valence-electron chi connectivity index (χ3n) is 4.78. The lowest BCUT2D eigenvalue weighted by Crippen LogP contribution is -2.50. The fourth-order valence-electron chi connectivity index (χ4n) is 3.47. The Labute approximate surface area is 110 Å². The Hall–Kier alpha value is -0.860. The molecule has 1 aromatic rings. The van der Waals surface area contributed by atoms with E-state index in [2.05, 4.69) is 19.1 Å². The van der Waals surface area contributed by atoms with Crippen molar-refractivity contribution in [2.75, 3.05) is 6.54 Å². The fourth-order valence-corrected chi connectivity index (χ4v) is 3.47. The Morgan fingerprint density at radius 2 is 2.06 bits per heavy atom. The van der Waals surface area contributed by atoms with Crippen LogP contribution in [0, 0.1) is 11.3 Å². The quantitative estimate of drug-likeness (QED) is 0.859. The molecule has 0 spiro atoms. The first-order valence-corrected chi connectivity index (χ1v) is 6.95. The van der Waals surface area contributed by atoms with Gasteiger partial charge in [-0.15, -0.1) is 0 Å². The van der Waals surface area contributed by atoms with Gasteiger partial charge < -0.3 is 10.8 Å². The minimum Gasteiger partial charge on any atom is -0.389 e. The van der Waals surface area contributed by atoms with Gasteiger partial charge in [0, 0.05) is 18.4 Å². The molecule has 0 amide bonds. The molecule has 0 heterocycles. The second-order valence-electron chi connectivity index (χ2n) is 6.27. The summed E-state index contributed by atoms with van der Waals surface area (Å²) in [6.45, 7) is 4.80. The molecule has 1 saturated carbocycles. The van der Waals surface area contributed by atoms with Crippen molar-refractivity contribution in [3.63, 3.8) is 0 Å². The summed E-state index contributed by atoms with van der Waals surface area (Å²) in [6.07, 6.45) is 3.97. The van der Waals surface area contributed by atoms with Gasteiger partial charge in [-0.2, -0.15) is 0 Å². The molecule has 3 atom stereocenters. The zero-order chi connectivity index (χ0) is 13.2. The maximum atomic E-state index is 11.0. The molecule has 18 heavy (non-hydrogen) atoms. The highest BCUT2D eigenvalue weighted by Crippen LogP contribution is 2.49. The van der Waals surface area contributed by atoms with Crippen LogP contribution in [0.2, 0.25) is 0 Å². The van der Waals surface area contributed by atoms with Gasteiger partial charge in [-0.05, 0) is 31.2 Å². The first-order chi connectivity index (χ1) is 8.49. The summed E-state index contributed by atoms with van der Waals surface area (Å²) < 4.78 is 0. The first-order valence-electron chi connectivity index (χ1n) is 6.95. The normalized spacial score (nSPS) is 31.2. The van der Waals surface area contributed by atoms with Gasteiger partial charge in [-0.25, -0.2) is 0 Å². The third-order valence-corrected chi connectivity index (χ3v) is 4.78. The van der Waals surface area contributed by atoms with Gasteiger partial charge in [-0.3, -0.25) is 0 Å². The average molecular weight is 247 g/mol. The van der Waals surface area contributed by atoms with Gasteiger partial charge in [0.05, 0.1) is 5.60 Å². The van der Waals surface area contributed by atoms with Gasteiger partial charge in [-0.1, -0.05) is 43.7 Å². The van der Waals surface area contributed by atoms with Gasteiger partial charge in [0.15, 0.2) is 0 Å². The lowest BCUT2D eigenvalue weighted by atomic mass is 9.68. The largest absolute Gasteiger partial charge is 0.389 e. The highest BCUT2D eigenvalue weighted by atomic mass is 16.3. The maximum absolute atomic E-state index is 11.0. The summed E-state index contributed by atoms with van der Waals surface area (Å²) in [5, 5.41) is 11.0. The molecule has 3 N–H and O–H groups in total. The molecule has 0 radical (unpaired) electrons. The second-order valence-corrected chi connectivity index (χ2v) is 6.27. The molecule has 1 aliphatic rings. The van der Waals surface area contributed by atoms with E-state index in [0.717, 1.165) is 12.8 Å². The van der Waals surface area contributed by atoms with Gasteiger partial charge in [0.1, 0.15) is 0 Å². The first kappa shape index (κ1) is 13.6. The molecule has 0 bridgehead atoms. The van der Waals surface area contributed by atoms with Crippen molar-refractivity contribution in [3.8, 4) is 0 Å². The predicted molar refractivity (Wildman–Crippen MR) is 75.3 cm³/mol. The zero-order valence-electron chi connectivity index (χ0n) is 11.5. The van der Waals surface area contributed by atoms with Crippen LogP contribution in [0.5, 0.6) is 0 Å². The zero-order valence-corrected chi connectivity index (χ0v) is 11.5. The Bertz CT molecular complexity index is 387. The van der Waals surface area contributed by atoms with E-state index in [4.69, 9.17) is 5.73 Å². The van der Waals surface area contributed by atoms with Crippen LogP contribution in [-0.2, 0) is 6.42 Å². The molecule has 1 aliphatic carbocycles. The number of nitrogens with two attached hydrogens (primary N) is 1. The summed E-state index contributed by atoms with van der Waals surface area (Å²) in [5.41, 5.74) is 6.38. The van der Waals surface area contributed by atoms with E-state index in [1.165, 1.54) is 12.0 Å². The minimum absolute atomic E-state index is 0.109. The smallest absolute Gasteiger partial charge is 0.0728 e. The number of aliphatic hydroxyl groups is 1. The Balaban J connectivity index is 2.19. The monoisotopic (exact) mass is 247 g/mol. The molecule has 2 heteroatoms. The van der Waals surface area contributed by atoms with E-state index in [9.17, 15) is 5.11 Å². The summed E-state index contributed by atoms with van der Waals surface area (Å²) in [5.74, 6) is 0.677. The van der Waals surface area contributed by atoms with Crippen molar-refractivity contribution in [3.05, 3.63) is 35.9 Å². The molecule has 2 nitrogen and oxygen atoms in total. The molecule has 0 aromatic heterocycles. The van der Waals surface area contributed by atoms with Crippen LogP contribution in [0.1, 0.15) is 38.7 Å². The van der Waals surface area contributed by atoms with Gasteiger partial charge >= 0.3 is 0 Å². The van der Waals surface area contributed by atoms with Crippen molar-refractivity contribution in [2.45, 2.75) is 45.1 Å². The molecule has 3 unspecified atom stereocenters. The highest BCUT2D eigenvalue weighted by Gasteiger charge is 2.49. The average Bonchev–Trinajstić information content (AvgIpc) is 2.73. The molecule has 0 aliphatic heterocycles. The Morgan fingerprint density at radius 3 is 2.56 bits per heavy atom. The summed E-state index contributed by atoms with van der Waals surface area (Å²) in [6, 6.07) is 10.2. The van der Waals surface area contributed by atoms with Crippen LogP contribution in [0.4, 0.5) is 0 Å². The summed E-state index contributed by atoms with van der Waals surface area (Å²) in [7, 11) is 0.